The van der Waals surface area contributed by atoms with E-state index in [0.29, 0.717) is 47.5 Å². The van der Waals surface area contributed by atoms with Crippen LogP contribution in [0.2, 0.25) is 0 Å². The average molecular weight is 438 g/mol. The largest absolute Gasteiger partial charge is 0.497 e. The predicted octanol–water partition coefficient (Wildman–Crippen LogP) is 4.27. The maximum Gasteiger partial charge on any atom is 0.231 e. The van der Waals surface area contributed by atoms with Gasteiger partial charge in [0.1, 0.15) is 17.2 Å². The molecule has 0 spiro atoms. The molecule has 2 aromatic carbocycles. The van der Waals surface area contributed by atoms with Gasteiger partial charge in [-0.3, -0.25) is 4.79 Å². The predicted molar refractivity (Wildman–Crippen MR) is 117 cm³/mol. The molecular weight excluding hydrogens is 412 g/mol. The fraction of sp³-hybridized carbons (Fsp3) is 0.333. The molecule has 8 nitrogen and oxygen atoms in total. The molecule has 1 aliphatic rings. The van der Waals surface area contributed by atoms with E-state index < -0.39 is 0 Å². The van der Waals surface area contributed by atoms with Gasteiger partial charge in [0.05, 0.1) is 26.3 Å². The van der Waals surface area contributed by atoms with Crippen LogP contribution < -0.4 is 18.9 Å². The topological polar surface area (TPSA) is 83.3 Å². The van der Waals surface area contributed by atoms with E-state index in [1.807, 2.05) is 50.2 Å². The van der Waals surface area contributed by atoms with Gasteiger partial charge in [0.15, 0.2) is 17.3 Å². The summed E-state index contributed by atoms with van der Waals surface area (Å²) >= 11 is 0. The summed E-state index contributed by atoms with van der Waals surface area (Å²) in [6.07, 6.45) is 0. The molecule has 0 saturated heterocycles. The number of nitrogens with zero attached hydrogens (tertiary/aromatic N) is 2. The van der Waals surface area contributed by atoms with Crippen LogP contribution in [-0.2, 0) is 17.9 Å². The van der Waals surface area contributed by atoms with Crippen molar-refractivity contribution in [2.24, 2.45) is 5.92 Å². The van der Waals surface area contributed by atoms with Crippen molar-refractivity contribution >= 4 is 5.91 Å². The molecule has 1 aromatic heterocycles. The molecule has 1 aliphatic heterocycles. The molecule has 0 saturated carbocycles. The average Bonchev–Trinajstić information content (AvgIpc) is 3.46. The van der Waals surface area contributed by atoms with Crippen molar-refractivity contribution in [3.8, 4) is 34.3 Å². The minimum Gasteiger partial charge on any atom is -0.497 e. The maximum atomic E-state index is 12.9. The van der Waals surface area contributed by atoms with Crippen LogP contribution in [0.4, 0.5) is 0 Å². The van der Waals surface area contributed by atoms with Crippen LogP contribution >= 0.6 is 0 Å². The third kappa shape index (κ3) is 4.49. The Morgan fingerprint density at radius 3 is 2.59 bits per heavy atom. The van der Waals surface area contributed by atoms with Gasteiger partial charge in [0.2, 0.25) is 12.7 Å². The zero-order valence-electron chi connectivity index (χ0n) is 18.6. The van der Waals surface area contributed by atoms with Crippen LogP contribution in [0.1, 0.15) is 25.1 Å². The molecule has 0 radical (unpaired) electrons. The highest BCUT2D eigenvalue weighted by Crippen LogP contribution is 2.35. The van der Waals surface area contributed by atoms with E-state index in [4.69, 9.17) is 23.5 Å². The zero-order chi connectivity index (χ0) is 22.7. The summed E-state index contributed by atoms with van der Waals surface area (Å²) in [5.74, 6) is 3.12. The highest BCUT2D eigenvalue weighted by Gasteiger charge is 2.22. The van der Waals surface area contributed by atoms with Gasteiger partial charge in [-0.1, -0.05) is 25.1 Å². The van der Waals surface area contributed by atoms with Crippen LogP contribution in [0.5, 0.6) is 23.0 Å². The van der Waals surface area contributed by atoms with E-state index in [-0.39, 0.29) is 18.6 Å². The number of rotatable bonds is 8. The van der Waals surface area contributed by atoms with Gasteiger partial charge in [-0.2, -0.15) is 0 Å². The first kappa shape index (κ1) is 21.5. The lowest BCUT2D eigenvalue weighted by Gasteiger charge is -2.23. The molecule has 3 aromatic rings. The van der Waals surface area contributed by atoms with Crippen LogP contribution in [0, 0.1) is 5.92 Å². The minimum absolute atomic E-state index is 0.0224. The van der Waals surface area contributed by atoms with Gasteiger partial charge in [-0.15, -0.1) is 0 Å². The van der Waals surface area contributed by atoms with Crippen molar-refractivity contribution in [2.75, 3.05) is 21.0 Å². The first-order valence-corrected chi connectivity index (χ1v) is 10.3. The molecule has 168 valence electrons. The summed E-state index contributed by atoms with van der Waals surface area (Å²) in [4.78, 5) is 14.7. The Morgan fingerprint density at radius 1 is 1.03 bits per heavy atom. The van der Waals surface area contributed by atoms with Crippen molar-refractivity contribution in [1.82, 2.24) is 10.1 Å². The van der Waals surface area contributed by atoms with Crippen molar-refractivity contribution in [1.29, 1.82) is 0 Å². The number of fused-ring (bicyclic) bond motifs is 1. The summed E-state index contributed by atoms with van der Waals surface area (Å²) < 4.78 is 27.1. The molecule has 0 aliphatic carbocycles. The lowest BCUT2D eigenvalue weighted by Crippen LogP contribution is -2.33. The van der Waals surface area contributed by atoms with E-state index in [0.717, 1.165) is 11.1 Å². The summed E-state index contributed by atoms with van der Waals surface area (Å²) in [7, 11) is 3.19. The highest BCUT2D eigenvalue weighted by molar-refractivity contribution is 5.78. The molecule has 32 heavy (non-hydrogen) atoms. The van der Waals surface area contributed by atoms with E-state index in [9.17, 15) is 4.79 Å². The molecule has 0 unspecified atom stereocenters. The molecule has 4 rings (SSSR count). The molecule has 1 amide bonds. The number of carbonyl (C=O) groups is 1. The van der Waals surface area contributed by atoms with Gasteiger partial charge in [0, 0.05) is 24.6 Å². The summed E-state index contributed by atoms with van der Waals surface area (Å²) in [5, 5.41) is 4.19. The lowest BCUT2D eigenvalue weighted by molar-refractivity contribution is -0.135. The SMILES string of the molecule is COc1ccc(-c2cc(CN(Cc3ccc4c(c3)OCO4)C(=O)C(C)C)no2)c(OC)c1. The Bertz CT molecular complexity index is 1110. The monoisotopic (exact) mass is 438 g/mol. The Hall–Kier alpha value is -3.68. The number of hydrogen-bond acceptors (Lipinski definition) is 7. The second-order valence-electron chi connectivity index (χ2n) is 7.79. The van der Waals surface area contributed by atoms with Crippen molar-refractivity contribution in [3.05, 3.63) is 53.7 Å². The third-order valence-corrected chi connectivity index (χ3v) is 5.20. The smallest absolute Gasteiger partial charge is 0.231 e. The summed E-state index contributed by atoms with van der Waals surface area (Å²) in [6, 6.07) is 13.0. The summed E-state index contributed by atoms with van der Waals surface area (Å²) in [5.41, 5.74) is 2.35. The fourth-order valence-corrected chi connectivity index (χ4v) is 3.55. The highest BCUT2D eigenvalue weighted by atomic mass is 16.7. The number of aromatic nitrogens is 1. The van der Waals surface area contributed by atoms with Crippen molar-refractivity contribution < 1.29 is 28.3 Å². The number of amides is 1. The van der Waals surface area contributed by atoms with Crippen molar-refractivity contribution in [2.45, 2.75) is 26.9 Å². The molecular formula is C24H26N2O6. The first-order valence-electron chi connectivity index (χ1n) is 10.3. The van der Waals surface area contributed by atoms with Crippen LogP contribution in [-0.4, -0.2) is 37.0 Å². The third-order valence-electron chi connectivity index (χ3n) is 5.20. The van der Waals surface area contributed by atoms with E-state index in [1.54, 1.807) is 25.2 Å². The second-order valence-corrected chi connectivity index (χ2v) is 7.79. The fourth-order valence-electron chi connectivity index (χ4n) is 3.55. The molecule has 2 heterocycles. The number of benzene rings is 2. The quantitative estimate of drug-likeness (QED) is 0.519. The summed E-state index contributed by atoms with van der Waals surface area (Å²) in [6.45, 7) is 4.70. The molecule has 8 heteroatoms. The van der Waals surface area contributed by atoms with Crippen LogP contribution in [0.15, 0.2) is 47.0 Å². The molecule has 0 fully saturated rings. The first-order chi connectivity index (χ1) is 15.5. The Balaban J connectivity index is 1.56. The van der Waals surface area contributed by atoms with Gasteiger partial charge < -0.3 is 28.4 Å². The standard InChI is InChI=1S/C24H26N2O6/c1-15(2)24(27)26(12-16-5-8-20-23(9-16)31-14-30-20)13-17-10-22(32-25-17)19-7-6-18(28-3)11-21(19)29-4/h5-11,15H,12-14H2,1-4H3. The van der Waals surface area contributed by atoms with E-state index >= 15 is 0 Å². The molecule has 0 N–H and O–H groups in total. The normalized spacial score (nSPS) is 12.2. The Morgan fingerprint density at radius 2 is 1.84 bits per heavy atom. The zero-order valence-corrected chi connectivity index (χ0v) is 18.6. The number of hydrogen-bond donors (Lipinski definition) is 0. The van der Waals surface area contributed by atoms with Crippen LogP contribution in [0.25, 0.3) is 11.3 Å². The van der Waals surface area contributed by atoms with E-state index in [2.05, 4.69) is 5.16 Å². The van der Waals surface area contributed by atoms with Crippen LogP contribution in [0.3, 0.4) is 0 Å². The molecule has 0 bridgehead atoms. The second kappa shape index (κ2) is 9.21. The minimum atomic E-state index is -0.155. The van der Waals surface area contributed by atoms with E-state index in [1.165, 1.54) is 0 Å². The number of methoxy groups -OCH3 is 2. The number of carbonyl (C=O) groups excluding carboxylic acids is 1. The van der Waals surface area contributed by atoms with Gasteiger partial charge in [0.25, 0.3) is 0 Å². The number of ether oxygens (including phenoxy) is 4. The van der Waals surface area contributed by atoms with Gasteiger partial charge in [-0.25, -0.2) is 0 Å². The maximum absolute atomic E-state index is 12.9. The Kier molecular flexibility index (Phi) is 6.20. The van der Waals surface area contributed by atoms with Gasteiger partial charge in [-0.05, 0) is 29.8 Å². The lowest BCUT2D eigenvalue weighted by atomic mass is 10.1. The molecule has 0 atom stereocenters. The Labute approximate surface area is 186 Å². The van der Waals surface area contributed by atoms with Gasteiger partial charge >= 0.3 is 0 Å². The van der Waals surface area contributed by atoms with Crippen molar-refractivity contribution in [3.63, 3.8) is 0 Å².